The minimum Gasteiger partial charge on any atom is -0.465 e. The Morgan fingerprint density at radius 1 is 0.796 bits per heavy atom. The first kappa shape index (κ1) is 35.1. The van der Waals surface area contributed by atoms with Crippen LogP contribution in [-0.4, -0.2) is 73.0 Å². The fourth-order valence-corrected chi connectivity index (χ4v) is 6.01. The molecular formula is C38H39ClN4O6. The van der Waals surface area contributed by atoms with Gasteiger partial charge in [0, 0.05) is 37.6 Å². The maximum atomic E-state index is 13.5. The molecule has 1 heterocycles. The zero-order valence-corrected chi connectivity index (χ0v) is 28.0. The van der Waals surface area contributed by atoms with Crippen molar-refractivity contribution in [2.45, 2.75) is 31.5 Å². The smallest absolute Gasteiger partial charge is 0.408 e. The number of ether oxygens (including phenoxy) is 2. The van der Waals surface area contributed by atoms with Gasteiger partial charge in [0.15, 0.2) is 0 Å². The molecule has 0 radical (unpaired) electrons. The average Bonchev–Trinajstić information content (AvgIpc) is 3.14. The minimum absolute atomic E-state index is 0.000844. The zero-order valence-electron chi connectivity index (χ0n) is 27.2. The molecule has 5 rings (SSSR count). The lowest BCUT2D eigenvalue weighted by molar-refractivity contribution is -0.133. The number of hydrogen-bond donors (Lipinski definition) is 2. The monoisotopic (exact) mass is 682 g/mol. The van der Waals surface area contributed by atoms with Gasteiger partial charge in [0.05, 0.1) is 24.4 Å². The number of methoxy groups -OCH3 is 1. The van der Waals surface area contributed by atoms with Crippen LogP contribution in [0.25, 0.3) is 0 Å². The number of carbonyl (C=O) groups excluding carboxylic acids is 4. The number of nitrogens with one attached hydrogen (secondary N) is 2. The van der Waals surface area contributed by atoms with Gasteiger partial charge in [0.2, 0.25) is 11.8 Å². The molecular weight excluding hydrogens is 644 g/mol. The van der Waals surface area contributed by atoms with Crippen LogP contribution in [0.1, 0.15) is 45.9 Å². The van der Waals surface area contributed by atoms with Crippen molar-refractivity contribution in [3.63, 3.8) is 0 Å². The van der Waals surface area contributed by atoms with E-state index in [-0.39, 0.29) is 47.7 Å². The highest BCUT2D eigenvalue weighted by molar-refractivity contribution is 6.31. The number of nitrogens with zero attached hydrogens (tertiary/aromatic N) is 2. The molecule has 4 aromatic carbocycles. The average molecular weight is 683 g/mol. The quantitative estimate of drug-likeness (QED) is 0.174. The van der Waals surface area contributed by atoms with Gasteiger partial charge >= 0.3 is 12.1 Å². The van der Waals surface area contributed by atoms with Crippen LogP contribution < -0.4 is 10.6 Å². The summed E-state index contributed by atoms with van der Waals surface area (Å²) >= 11 is 6.08. The molecule has 0 spiro atoms. The molecule has 1 aliphatic heterocycles. The number of carbonyl (C=O) groups is 4. The summed E-state index contributed by atoms with van der Waals surface area (Å²) in [5.41, 5.74) is 3.34. The third-order valence-electron chi connectivity index (χ3n) is 8.38. The Balaban J connectivity index is 1.24. The Hall–Kier alpha value is -5.19. The standard InChI is InChI=1S/C38H39ClN4O6/c1-48-37(46)31-25-30(39)17-18-32(31)40-36(45)33(41-38(47)49-26-27-11-5-2-6-12-27)19-20-34(44)42-21-23-43(24-22-42)35(28-13-7-3-8-14-28)29-15-9-4-10-16-29/h2-18,25,33,35H,19-24,26H2,1H3,(H,40,45)(H,41,47). The van der Waals surface area contributed by atoms with Crippen molar-refractivity contribution in [2.24, 2.45) is 0 Å². The van der Waals surface area contributed by atoms with E-state index in [1.807, 2.05) is 66.7 Å². The van der Waals surface area contributed by atoms with Crippen LogP contribution in [0.2, 0.25) is 5.02 Å². The first-order valence-corrected chi connectivity index (χ1v) is 16.5. The van der Waals surface area contributed by atoms with Gasteiger partial charge in [-0.05, 0) is 41.3 Å². The van der Waals surface area contributed by atoms with E-state index in [1.54, 1.807) is 4.90 Å². The van der Waals surface area contributed by atoms with Crippen molar-refractivity contribution < 1.29 is 28.7 Å². The Morgan fingerprint density at radius 2 is 1.39 bits per heavy atom. The summed E-state index contributed by atoms with van der Waals surface area (Å²) in [5, 5.41) is 5.57. The number of hydrogen-bond acceptors (Lipinski definition) is 7. The summed E-state index contributed by atoms with van der Waals surface area (Å²) in [7, 11) is 1.22. The molecule has 1 saturated heterocycles. The van der Waals surface area contributed by atoms with Crippen molar-refractivity contribution in [1.82, 2.24) is 15.1 Å². The van der Waals surface area contributed by atoms with Crippen molar-refractivity contribution in [3.05, 3.63) is 136 Å². The van der Waals surface area contributed by atoms with Crippen LogP contribution in [0.4, 0.5) is 10.5 Å². The largest absolute Gasteiger partial charge is 0.465 e. The minimum atomic E-state index is -1.14. The SMILES string of the molecule is COC(=O)c1cc(Cl)ccc1NC(=O)C(CCC(=O)N1CCN(C(c2ccccc2)c2ccccc2)CC1)NC(=O)OCc1ccccc1. The fraction of sp³-hybridized carbons (Fsp3) is 0.263. The molecule has 11 heteroatoms. The summed E-state index contributed by atoms with van der Waals surface area (Å²) in [5.74, 6) is -1.45. The molecule has 49 heavy (non-hydrogen) atoms. The Labute approximate surface area is 291 Å². The van der Waals surface area contributed by atoms with Gasteiger partial charge in [-0.15, -0.1) is 0 Å². The van der Waals surface area contributed by atoms with Gasteiger partial charge in [-0.1, -0.05) is 103 Å². The second-order valence-corrected chi connectivity index (χ2v) is 12.0. The van der Waals surface area contributed by atoms with Crippen LogP contribution >= 0.6 is 11.6 Å². The van der Waals surface area contributed by atoms with Gasteiger partial charge in [0.25, 0.3) is 0 Å². The normalized spacial score (nSPS) is 13.7. The maximum Gasteiger partial charge on any atom is 0.408 e. The number of piperazine rings is 1. The van der Waals surface area contributed by atoms with Gasteiger partial charge in [0.1, 0.15) is 12.6 Å². The number of halogens is 1. The lowest BCUT2D eigenvalue weighted by Gasteiger charge is -2.40. The molecule has 0 aromatic heterocycles. The number of anilines is 1. The van der Waals surface area contributed by atoms with Crippen molar-refractivity contribution >= 4 is 41.2 Å². The third kappa shape index (κ3) is 9.68. The van der Waals surface area contributed by atoms with Gasteiger partial charge < -0.3 is 25.0 Å². The van der Waals surface area contributed by atoms with Gasteiger partial charge in [-0.2, -0.15) is 0 Å². The van der Waals surface area contributed by atoms with Crippen molar-refractivity contribution in [3.8, 4) is 0 Å². The topological polar surface area (TPSA) is 117 Å². The maximum absolute atomic E-state index is 13.5. The Kier molecular flexibility index (Phi) is 12.4. The number of alkyl carbamates (subject to hydrolysis) is 1. The number of rotatable bonds is 12. The van der Waals surface area contributed by atoms with Gasteiger partial charge in [-0.3, -0.25) is 14.5 Å². The van der Waals surface area contributed by atoms with Gasteiger partial charge in [-0.25, -0.2) is 9.59 Å². The van der Waals surface area contributed by atoms with Crippen molar-refractivity contribution in [2.75, 3.05) is 38.6 Å². The molecule has 0 saturated carbocycles. The molecule has 0 aliphatic carbocycles. The lowest BCUT2D eigenvalue weighted by atomic mass is 9.96. The summed E-state index contributed by atoms with van der Waals surface area (Å²) in [6.07, 6.45) is -0.812. The predicted octanol–water partition coefficient (Wildman–Crippen LogP) is 6.07. The molecule has 2 N–H and O–H groups in total. The highest BCUT2D eigenvalue weighted by Gasteiger charge is 2.30. The summed E-state index contributed by atoms with van der Waals surface area (Å²) < 4.78 is 10.2. The van der Waals surface area contributed by atoms with E-state index in [0.717, 1.165) is 5.56 Å². The fourth-order valence-electron chi connectivity index (χ4n) is 5.84. The number of benzene rings is 4. The molecule has 1 fully saturated rings. The van der Waals surface area contributed by atoms with E-state index in [2.05, 4.69) is 39.8 Å². The van der Waals surface area contributed by atoms with E-state index in [1.165, 1.54) is 36.4 Å². The lowest BCUT2D eigenvalue weighted by Crippen LogP contribution is -2.50. The van der Waals surface area contributed by atoms with Crippen LogP contribution in [0.3, 0.4) is 0 Å². The summed E-state index contributed by atoms with van der Waals surface area (Å²) in [6, 6.07) is 33.0. The van der Waals surface area contributed by atoms with E-state index >= 15 is 0 Å². The Bertz CT molecular complexity index is 1680. The molecule has 1 atom stereocenters. The second kappa shape index (κ2) is 17.3. The molecule has 1 unspecified atom stereocenters. The molecule has 4 aromatic rings. The predicted molar refractivity (Wildman–Crippen MR) is 187 cm³/mol. The molecule has 254 valence electrons. The molecule has 1 aliphatic rings. The first-order valence-electron chi connectivity index (χ1n) is 16.1. The first-order chi connectivity index (χ1) is 23.8. The van der Waals surface area contributed by atoms with E-state index < -0.39 is 24.0 Å². The van der Waals surface area contributed by atoms with Crippen molar-refractivity contribution in [1.29, 1.82) is 0 Å². The van der Waals surface area contributed by atoms with Crippen LogP contribution in [0.15, 0.2) is 109 Å². The summed E-state index contributed by atoms with van der Waals surface area (Å²) in [6.45, 7) is 2.38. The zero-order chi connectivity index (χ0) is 34.6. The summed E-state index contributed by atoms with van der Waals surface area (Å²) in [4.78, 5) is 56.4. The van der Waals surface area contributed by atoms with E-state index in [4.69, 9.17) is 21.1 Å². The number of esters is 1. The highest BCUT2D eigenvalue weighted by atomic mass is 35.5. The van der Waals surface area contributed by atoms with E-state index in [9.17, 15) is 19.2 Å². The third-order valence-corrected chi connectivity index (χ3v) is 8.61. The second-order valence-electron chi connectivity index (χ2n) is 11.6. The number of amides is 3. The van der Waals surface area contributed by atoms with Crippen LogP contribution in [0.5, 0.6) is 0 Å². The molecule has 10 nitrogen and oxygen atoms in total. The highest BCUT2D eigenvalue weighted by Crippen LogP contribution is 2.29. The van der Waals surface area contributed by atoms with Crippen LogP contribution in [0, 0.1) is 0 Å². The van der Waals surface area contributed by atoms with E-state index in [0.29, 0.717) is 26.2 Å². The van der Waals surface area contributed by atoms with Crippen LogP contribution in [-0.2, 0) is 25.7 Å². The Morgan fingerprint density at radius 3 is 1.98 bits per heavy atom. The molecule has 0 bridgehead atoms. The molecule has 3 amide bonds.